The first kappa shape index (κ1) is 10.9. The average molecular weight is 208 g/mol. The Hall–Kier alpha value is -0.170. The van der Waals surface area contributed by atoms with Gasteiger partial charge in [-0.25, -0.2) is 0 Å². The fraction of sp³-hybridized carbons (Fsp3) is 1.00. The summed E-state index contributed by atoms with van der Waals surface area (Å²) in [5.74, 6) is 0. The minimum atomic E-state index is -3.39. The zero-order valence-corrected chi connectivity index (χ0v) is 9.04. The van der Waals surface area contributed by atoms with E-state index in [1.165, 1.54) is 4.31 Å². The Balaban J connectivity index is 2.75. The molecule has 0 aromatic rings. The third-order valence-electron chi connectivity index (χ3n) is 2.07. The van der Waals surface area contributed by atoms with Crippen LogP contribution in [-0.2, 0) is 15.0 Å². The zero-order valence-electron chi connectivity index (χ0n) is 8.23. The third kappa shape index (κ3) is 2.19. The molecule has 78 valence electrons. The van der Waals surface area contributed by atoms with Crippen molar-refractivity contribution >= 4 is 10.2 Å². The lowest BCUT2D eigenvalue weighted by atomic mass is 10.4. The molecule has 1 fully saturated rings. The van der Waals surface area contributed by atoms with Gasteiger partial charge in [0.25, 0.3) is 0 Å². The Labute approximate surface area is 79.4 Å². The minimum absolute atomic E-state index is 0.0470. The monoisotopic (exact) mass is 208 g/mol. The SMILES string of the molecule is CC(C)N(C)S(=O)(=O)N1CCCO1. The van der Waals surface area contributed by atoms with Gasteiger partial charge in [0.1, 0.15) is 0 Å². The Morgan fingerprint density at radius 2 is 2.08 bits per heavy atom. The van der Waals surface area contributed by atoms with Gasteiger partial charge >= 0.3 is 10.2 Å². The maximum absolute atomic E-state index is 11.7. The van der Waals surface area contributed by atoms with Crippen LogP contribution in [0.2, 0.25) is 0 Å². The molecule has 1 aliphatic heterocycles. The molecule has 0 aromatic carbocycles. The highest BCUT2D eigenvalue weighted by Gasteiger charge is 2.31. The zero-order chi connectivity index (χ0) is 10.1. The molecule has 6 heteroatoms. The first-order valence-electron chi connectivity index (χ1n) is 4.35. The van der Waals surface area contributed by atoms with Crippen LogP contribution < -0.4 is 0 Å². The highest BCUT2D eigenvalue weighted by molar-refractivity contribution is 7.86. The smallest absolute Gasteiger partial charge is 0.283 e. The molecule has 5 nitrogen and oxygen atoms in total. The van der Waals surface area contributed by atoms with E-state index in [0.717, 1.165) is 10.9 Å². The summed E-state index contributed by atoms with van der Waals surface area (Å²) in [4.78, 5) is 4.99. The molecule has 0 radical (unpaired) electrons. The maximum Gasteiger partial charge on any atom is 0.304 e. The van der Waals surface area contributed by atoms with E-state index in [-0.39, 0.29) is 6.04 Å². The standard InChI is InChI=1S/C7H16N2O3S/c1-7(2)8(3)13(10,11)9-5-4-6-12-9/h7H,4-6H2,1-3H3. The molecule has 0 N–H and O–H groups in total. The predicted molar refractivity (Wildman–Crippen MR) is 49.1 cm³/mol. The summed E-state index contributed by atoms with van der Waals surface area (Å²) in [6.45, 7) is 4.60. The molecule has 1 rings (SSSR count). The highest BCUT2D eigenvalue weighted by atomic mass is 32.2. The predicted octanol–water partition coefficient (Wildman–Crippen LogP) is 0.209. The van der Waals surface area contributed by atoms with Gasteiger partial charge in [0, 0.05) is 19.6 Å². The van der Waals surface area contributed by atoms with Crippen molar-refractivity contribution in [2.24, 2.45) is 0 Å². The molecule has 0 saturated carbocycles. The molecule has 13 heavy (non-hydrogen) atoms. The van der Waals surface area contributed by atoms with Crippen LogP contribution in [-0.4, -0.2) is 43.4 Å². The van der Waals surface area contributed by atoms with Gasteiger partial charge < -0.3 is 0 Å². The second kappa shape index (κ2) is 3.91. The van der Waals surface area contributed by atoms with Crippen LogP contribution in [0.4, 0.5) is 0 Å². The van der Waals surface area contributed by atoms with Crippen molar-refractivity contribution in [3.63, 3.8) is 0 Å². The van der Waals surface area contributed by atoms with Crippen LogP contribution in [0.3, 0.4) is 0 Å². The van der Waals surface area contributed by atoms with Crippen molar-refractivity contribution in [3.8, 4) is 0 Å². The summed E-state index contributed by atoms with van der Waals surface area (Å²) in [6, 6.07) is -0.0470. The largest absolute Gasteiger partial charge is 0.304 e. The number of hydroxylamine groups is 1. The molecule has 0 aromatic heterocycles. The van der Waals surface area contributed by atoms with Gasteiger partial charge in [0.15, 0.2) is 0 Å². The summed E-state index contributed by atoms with van der Waals surface area (Å²) >= 11 is 0. The van der Waals surface area contributed by atoms with Crippen LogP contribution in [0, 0.1) is 0 Å². The lowest BCUT2D eigenvalue weighted by molar-refractivity contribution is -0.0341. The molecule has 1 saturated heterocycles. The van der Waals surface area contributed by atoms with Crippen molar-refractivity contribution in [3.05, 3.63) is 0 Å². The first-order chi connectivity index (χ1) is 5.96. The summed E-state index contributed by atoms with van der Waals surface area (Å²) in [7, 11) is -1.84. The van der Waals surface area contributed by atoms with E-state index in [4.69, 9.17) is 4.84 Å². The third-order valence-corrected chi connectivity index (χ3v) is 4.02. The minimum Gasteiger partial charge on any atom is -0.283 e. The molecule has 0 amide bonds. The highest BCUT2D eigenvalue weighted by Crippen LogP contribution is 2.15. The van der Waals surface area contributed by atoms with Crippen molar-refractivity contribution in [2.75, 3.05) is 20.2 Å². The fourth-order valence-corrected chi connectivity index (χ4v) is 2.40. The van der Waals surface area contributed by atoms with E-state index in [9.17, 15) is 8.42 Å². The van der Waals surface area contributed by atoms with Crippen molar-refractivity contribution < 1.29 is 13.3 Å². The first-order valence-corrected chi connectivity index (χ1v) is 5.74. The van der Waals surface area contributed by atoms with Crippen molar-refractivity contribution in [2.45, 2.75) is 26.3 Å². The molecule has 1 aliphatic rings. The molecule has 0 spiro atoms. The summed E-state index contributed by atoms with van der Waals surface area (Å²) in [6.07, 6.45) is 0.769. The van der Waals surface area contributed by atoms with Gasteiger partial charge in [-0.1, -0.05) is 4.47 Å². The van der Waals surface area contributed by atoms with E-state index in [0.29, 0.717) is 13.2 Å². The second-order valence-corrected chi connectivity index (χ2v) is 5.21. The van der Waals surface area contributed by atoms with E-state index < -0.39 is 10.2 Å². The Morgan fingerprint density at radius 1 is 1.46 bits per heavy atom. The Kier molecular flexibility index (Phi) is 3.28. The van der Waals surface area contributed by atoms with Crippen LogP contribution in [0.1, 0.15) is 20.3 Å². The number of hydrogen-bond acceptors (Lipinski definition) is 3. The van der Waals surface area contributed by atoms with E-state index in [2.05, 4.69) is 0 Å². The average Bonchev–Trinajstić information content (AvgIpc) is 2.54. The van der Waals surface area contributed by atoms with E-state index in [1.54, 1.807) is 7.05 Å². The van der Waals surface area contributed by atoms with E-state index in [1.807, 2.05) is 13.8 Å². The lowest BCUT2D eigenvalue weighted by Crippen LogP contribution is -2.42. The van der Waals surface area contributed by atoms with Crippen LogP contribution >= 0.6 is 0 Å². The molecular formula is C7H16N2O3S. The normalized spacial score (nSPS) is 20.4. The van der Waals surface area contributed by atoms with Crippen molar-refractivity contribution in [1.82, 2.24) is 8.77 Å². The van der Waals surface area contributed by atoms with Gasteiger partial charge in [0.2, 0.25) is 0 Å². The molecule has 0 atom stereocenters. The van der Waals surface area contributed by atoms with Crippen molar-refractivity contribution in [1.29, 1.82) is 0 Å². The molecule has 0 aliphatic carbocycles. The Bertz CT molecular complexity index is 249. The van der Waals surface area contributed by atoms with E-state index >= 15 is 0 Å². The van der Waals surface area contributed by atoms with Gasteiger partial charge in [0.05, 0.1) is 6.61 Å². The van der Waals surface area contributed by atoms with Crippen LogP contribution in [0.15, 0.2) is 0 Å². The fourth-order valence-electron chi connectivity index (χ4n) is 1.02. The van der Waals surface area contributed by atoms with Gasteiger partial charge in [-0.15, -0.1) is 0 Å². The molecular weight excluding hydrogens is 192 g/mol. The van der Waals surface area contributed by atoms with Gasteiger partial charge in [-0.2, -0.15) is 12.7 Å². The molecule has 0 unspecified atom stereocenters. The Morgan fingerprint density at radius 3 is 2.46 bits per heavy atom. The number of hydrogen-bond donors (Lipinski definition) is 0. The maximum atomic E-state index is 11.7. The summed E-state index contributed by atoms with van der Waals surface area (Å²) < 4.78 is 25.8. The summed E-state index contributed by atoms with van der Waals surface area (Å²) in [5, 5.41) is 0. The number of rotatable bonds is 3. The van der Waals surface area contributed by atoms with Gasteiger partial charge in [-0.05, 0) is 20.3 Å². The van der Waals surface area contributed by atoms with Gasteiger partial charge in [-0.3, -0.25) is 4.84 Å². The molecule has 1 heterocycles. The molecule has 0 bridgehead atoms. The van der Waals surface area contributed by atoms with Crippen LogP contribution in [0.5, 0.6) is 0 Å². The number of nitrogens with zero attached hydrogens (tertiary/aromatic N) is 2. The topological polar surface area (TPSA) is 49.9 Å². The van der Waals surface area contributed by atoms with Crippen LogP contribution in [0.25, 0.3) is 0 Å². The quantitative estimate of drug-likeness (QED) is 0.666. The lowest BCUT2D eigenvalue weighted by Gasteiger charge is -2.25. The second-order valence-electron chi connectivity index (χ2n) is 3.33. The summed E-state index contributed by atoms with van der Waals surface area (Å²) in [5.41, 5.74) is 0.